The molecule has 0 aliphatic heterocycles. The molecule has 110 valence electrons. The van der Waals surface area contributed by atoms with Crippen LogP contribution in [0, 0.1) is 13.8 Å². The second-order valence-corrected chi connectivity index (χ2v) is 5.13. The van der Waals surface area contributed by atoms with Crippen LogP contribution in [0.25, 0.3) is 0 Å². The molecule has 0 unspecified atom stereocenters. The molecule has 0 radical (unpaired) electrons. The molecule has 2 rings (SSSR count). The summed E-state index contributed by atoms with van der Waals surface area (Å²) in [5.41, 5.74) is 3.74. The molecule has 0 aromatic heterocycles. The Morgan fingerprint density at radius 1 is 1.05 bits per heavy atom. The van der Waals surface area contributed by atoms with Crippen molar-refractivity contribution in [2.24, 2.45) is 0 Å². The number of carbonyl (C=O) groups is 1. The lowest BCUT2D eigenvalue weighted by atomic mass is 10.1. The Bertz CT molecular complexity index is 618. The molecule has 0 aliphatic rings. The van der Waals surface area contributed by atoms with E-state index >= 15 is 0 Å². The molecule has 0 heterocycles. The van der Waals surface area contributed by atoms with Gasteiger partial charge in [0.1, 0.15) is 5.75 Å². The first-order valence-electron chi connectivity index (χ1n) is 7.21. The molecule has 0 spiro atoms. The molecular weight excluding hydrogens is 262 g/mol. The SMILES string of the molecule is CCCOc1ccc(NC(=O)c2ccc(C)c(C)c2)cc1. The summed E-state index contributed by atoms with van der Waals surface area (Å²) in [6.07, 6.45) is 0.977. The Morgan fingerprint density at radius 3 is 2.38 bits per heavy atom. The third kappa shape index (κ3) is 4.09. The Kier molecular flexibility index (Phi) is 4.99. The van der Waals surface area contributed by atoms with E-state index in [0.717, 1.165) is 23.4 Å². The van der Waals surface area contributed by atoms with E-state index in [1.165, 1.54) is 5.56 Å². The van der Waals surface area contributed by atoms with Crippen LogP contribution in [0.2, 0.25) is 0 Å². The first kappa shape index (κ1) is 15.1. The van der Waals surface area contributed by atoms with Crippen molar-refractivity contribution in [1.82, 2.24) is 0 Å². The van der Waals surface area contributed by atoms with Crippen LogP contribution in [0.5, 0.6) is 5.75 Å². The normalized spacial score (nSPS) is 10.2. The summed E-state index contributed by atoms with van der Waals surface area (Å²) in [7, 11) is 0. The fourth-order valence-electron chi connectivity index (χ4n) is 1.94. The molecule has 1 amide bonds. The Labute approximate surface area is 126 Å². The fraction of sp³-hybridized carbons (Fsp3) is 0.278. The van der Waals surface area contributed by atoms with Gasteiger partial charge in [0.05, 0.1) is 6.61 Å². The number of rotatable bonds is 5. The van der Waals surface area contributed by atoms with Gasteiger partial charge in [0, 0.05) is 11.3 Å². The maximum Gasteiger partial charge on any atom is 0.255 e. The summed E-state index contributed by atoms with van der Waals surface area (Å²) in [5.74, 6) is 0.723. The predicted molar refractivity (Wildman–Crippen MR) is 86.1 cm³/mol. The predicted octanol–water partition coefficient (Wildman–Crippen LogP) is 4.34. The highest BCUT2D eigenvalue weighted by Crippen LogP contribution is 2.17. The van der Waals surface area contributed by atoms with Crippen LogP contribution in [0.1, 0.15) is 34.8 Å². The van der Waals surface area contributed by atoms with Crippen LogP contribution in [0.3, 0.4) is 0 Å². The third-order valence-corrected chi connectivity index (χ3v) is 3.35. The lowest BCUT2D eigenvalue weighted by Gasteiger charge is -2.09. The Hall–Kier alpha value is -2.29. The maximum absolute atomic E-state index is 12.2. The lowest BCUT2D eigenvalue weighted by Crippen LogP contribution is -2.12. The van der Waals surface area contributed by atoms with Gasteiger partial charge in [-0.1, -0.05) is 13.0 Å². The molecule has 3 nitrogen and oxygen atoms in total. The minimum atomic E-state index is -0.0969. The van der Waals surface area contributed by atoms with Crippen LogP contribution < -0.4 is 10.1 Å². The van der Waals surface area contributed by atoms with Crippen LogP contribution in [-0.2, 0) is 0 Å². The molecule has 0 saturated heterocycles. The van der Waals surface area contributed by atoms with Crippen LogP contribution in [0.4, 0.5) is 5.69 Å². The van der Waals surface area contributed by atoms with Crippen molar-refractivity contribution in [3.63, 3.8) is 0 Å². The van der Waals surface area contributed by atoms with Crippen molar-refractivity contribution in [3.05, 3.63) is 59.2 Å². The van der Waals surface area contributed by atoms with E-state index < -0.39 is 0 Å². The molecule has 3 heteroatoms. The van der Waals surface area contributed by atoms with Gasteiger partial charge in [-0.15, -0.1) is 0 Å². The molecule has 0 atom stereocenters. The highest BCUT2D eigenvalue weighted by atomic mass is 16.5. The standard InChI is InChI=1S/C18H21NO2/c1-4-11-21-17-9-7-16(8-10-17)19-18(20)15-6-5-13(2)14(3)12-15/h5-10,12H,4,11H2,1-3H3,(H,19,20). The maximum atomic E-state index is 12.2. The first-order valence-corrected chi connectivity index (χ1v) is 7.21. The number of aryl methyl sites for hydroxylation is 2. The van der Waals surface area contributed by atoms with Crippen molar-refractivity contribution in [2.75, 3.05) is 11.9 Å². The van der Waals surface area contributed by atoms with Gasteiger partial charge in [0.25, 0.3) is 5.91 Å². The van der Waals surface area contributed by atoms with E-state index in [4.69, 9.17) is 4.74 Å². The Morgan fingerprint density at radius 2 is 1.76 bits per heavy atom. The molecule has 0 fully saturated rings. The van der Waals surface area contributed by atoms with Gasteiger partial charge in [0.2, 0.25) is 0 Å². The summed E-state index contributed by atoms with van der Waals surface area (Å²) in [6.45, 7) is 6.81. The number of hydrogen-bond donors (Lipinski definition) is 1. The van der Waals surface area contributed by atoms with Crippen molar-refractivity contribution in [2.45, 2.75) is 27.2 Å². The summed E-state index contributed by atoms with van der Waals surface area (Å²) in [6, 6.07) is 13.1. The number of benzene rings is 2. The van der Waals surface area contributed by atoms with E-state index in [0.29, 0.717) is 12.2 Å². The van der Waals surface area contributed by atoms with Gasteiger partial charge >= 0.3 is 0 Å². The average molecular weight is 283 g/mol. The van der Waals surface area contributed by atoms with Gasteiger partial charge in [-0.25, -0.2) is 0 Å². The van der Waals surface area contributed by atoms with E-state index in [-0.39, 0.29) is 5.91 Å². The van der Waals surface area contributed by atoms with Gasteiger partial charge in [-0.05, 0) is 67.8 Å². The summed E-state index contributed by atoms with van der Waals surface area (Å²) < 4.78 is 5.52. The first-order chi connectivity index (χ1) is 10.1. The van der Waals surface area contributed by atoms with Gasteiger partial charge in [-0.2, -0.15) is 0 Å². The summed E-state index contributed by atoms with van der Waals surface area (Å²) in [4.78, 5) is 12.2. The zero-order valence-corrected chi connectivity index (χ0v) is 12.8. The van der Waals surface area contributed by atoms with Gasteiger partial charge < -0.3 is 10.1 Å². The van der Waals surface area contributed by atoms with Crippen LogP contribution in [0.15, 0.2) is 42.5 Å². The van der Waals surface area contributed by atoms with Crippen LogP contribution in [-0.4, -0.2) is 12.5 Å². The second kappa shape index (κ2) is 6.93. The zero-order valence-electron chi connectivity index (χ0n) is 12.8. The number of carbonyl (C=O) groups excluding carboxylic acids is 1. The van der Waals surface area contributed by atoms with E-state index in [2.05, 4.69) is 12.2 Å². The molecule has 0 bridgehead atoms. The minimum Gasteiger partial charge on any atom is -0.494 e. The summed E-state index contributed by atoms with van der Waals surface area (Å²) >= 11 is 0. The molecule has 2 aromatic rings. The zero-order chi connectivity index (χ0) is 15.2. The van der Waals surface area contributed by atoms with Gasteiger partial charge in [0.15, 0.2) is 0 Å². The molecule has 0 aliphatic carbocycles. The molecule has 2 aromatic carbocycles. The monoisotopic (exact) mass is 283 g/mol. The van der Waals surface area contributed by atoms with Crippen LogP contribution >= 0.6 is 0 Å². The topological polar surface area (TPSA) is 38.3 Å². The molecule has 21 heavy (non-hydrogen) atoms. The van der Waals surface area contributed by atoms with E-state index in [9.17, 15) is 4.79 Å². The smallest absolute Gasteiger partial charge is 0.255 e. The molecule has 1 N–H and O–H groups in total. The number of nitrogens with one attached hydrogen (secondary N) is 1. The van der Waals surface area contributed by atoms with Gasteiger partial charge in [-0.3, -0.25) is 4.79 Å². The van der Waals surface area contributed by atoms with Crippen molar-refractivity contribution < 1.29 is 9.53 Å². The summed E-state index contributed by atoms with van der Waals surface area (Å²) in [5, 5.41) is 2.89. The van der Waals surface area contributed by atoms with Crippen molar-refractivity contribution in [1.29, 1.82) is 0 Å². The third-order valence-electron chi connectivity index (χ3n) is 3.35. The number of hydrogen-bond acceptors (Lipinski definition) is 2. The van der Waals surface area contributed by atoms with E-state index in [1.54, 1.807) is 0 Å². The lowest BCUT2D eigenvalue weighted by molar-refractivity contribution is 0.102. The fourth-order valence-corrected chi connectivity index (χ4v) is 1.94. The highest BCUT2D eigenvalue weighted by molar-refractivity contribution is 6.04. The second-order valence-electron chi connectivity index (χ2n) is 5.13. The van der Waals surface area contributed by atoms with Crippen molar-refractivity contribution in [3.8, 4) is 5.75 Å². The number of amides is 1. The Balaban J connectivity index is 2.03. The van der Waals surface area contributed by atoms with E-state index in [1.807, 2.05) is 56.3 Å². The highest BCUT2D eigenvalue weighted by Gasteiger charge is 2.07. The quantitative estimate of drug-likeness (QED) is 0.886. The number of ether oxygens (including phenoxy) is 1. The minimum absolute atomic E-state index is 0.0969. The largest absolute Gasteiger partial charge is 0.494 e. The number of anilines is 1. The van der Waals surface area contributed by atoms with Crippen molar-refractivity contribution >= 4 is 11.6 Å². The molecular formula is C18H21NO2. The average Bonchev–Trinajstić information content (AvgIpc) is 2.49. The molecule has 0 saturated carbocycles.